The van der Waals surface area contributed by atoms with Crippen LogP contribution in [0, 0.1) is 0 Å². The molecule has 3 heterocycles. The monoisotopic (exact) mass is 444 g/mol. The fourth-order valence-electron chi connectivity index (χ4n) is 5.72. The first-order chi connectivity index (χ1) is 15.1. The Kier molecular flexibility index (Phi) is 6.12. The van der Waals surface area contributed by atoms with Crippen molar-refractivity contribution in [3.8, 4) is 5.88 Å². The third-order valence-corrected chi connectivity index (χ3v) is 8.53. The molecule has 7 nitrogen and oxygen atoms in total. The number of aromatic nitrogens is 2. The summed E-state index contributed by atoms with van der Waals surface area (Å²) in [6, 6.07) is 0.704. The van der Waals surface area contributed by atoms with Crippen LogP contribution in [0.15, 0.2) is 6.33 Å². The molecule has 168 valence electrons. The number of aliphatic hydroxyl groups is 1. The summed E-state index contributed by atoms with van der Waals surface area (Å²) in [7, 11) is 0. The van der Waals surface area contributed by atoms with Gasteiger partial charge in [-0.3, -0.25) is 4.79 Å². The van der Waals surface area contributed by atoms with E-state index in [1.54, 1.807) is 17.7 Å². The number of amides is 1. The Bertz CT molecular complexity index is 934. The third-order valence-electron chi connectivity index (χ3n) is 7.36. The highest BCUT2D eigenvalue weighted by molar-refractivity contribution is 7.19. The molecule has 1 saturated heterocycles. The number of nitrogens with zero attached hydrogens (tertiary/aromatic N) is 3. The van der Waals surface area contributed by atoms with E-state index in [9.17, 15) is 9.90 Å². The van der Waals surface area contributed by atoms with E-state index in [2.05, 4.69) is 14.9 Å². The SMILES string of the molecule is NC(=O)[C@@H](O)C[C@H]1CCc2sc3ncnc(OC4CCC(N5CCCCC5)CC4)c3c21. The molecule has 0 aromatic carbocycles. The minimum atomic E-state index is -1.12. The fraction of sp³-hybridized carbons (Fsp3) is 0.696. The van der Waals surface area contributed by atoms with Crippen molar-refractivity contribution in [2.75, 3.05) is 13.1 Å². The van der Waals surface area contributed by atoms with E-state index < -0.39 is 12.0 Å². The Labute approximate surface area is 187 Å². The smallest absolute Gasteiger partial charge is 0.246 e. The van der Waals surface area contributed by atoms with E-state index in [4.69, 9.17) is 10.5 Å². The van der Waals surface area contributed by atoms with Crippen molar-refractivity contribution in [3.05, 3.63) is 16.8 Å². The van der Waals surface area contributed by atoms with Crippen LogP contribution in [0.5, 0.6) is 5.88 Å². The molecule has 2 atom stereocenters. The summed E-state index contributed by atoms with van der Waals surface area (Å²) < 4.78 is 6.47. The summed E-state index contributed by atoms with van der Waals surface area (Å²) in [5, 5.41) is 11.0. The van der Waals surface area contributed by atoms with Gasteiger partial charge < -0.3 is 20.5 Å². The fourth-order valence-corrected chi connectivity index (χ4v) is 6.95. The standard InChI is InChI=1S/C23H32N4O3S/c24-21(29)17(28)12-14-4-9-18-19(14)20-22(25-13-26-23(20)31-18)30-16-7-5-15(6-8-16)27-10-2-1-3-11-27/h13-17,28H,1-12H2,(H2,24,29)/t14-,15?,16?,17+/m1/s1. The molecule has 5 rings (SSSR count). The summed E-state index contributed by atoms with van der Waals surface area (Å²) >= 11 is 1.69. The summed E-state index contributed by atoms with van der Waals surface area (Å²) in [6.45, 7) is 2.50. The number of rotatable bonds is 6. The summed E-state index contributed by atoms with van der Waals surface area (Å²) in [5.41, 5.74) is 6.47. The first-order valence-electron chi connectivity index (χ1n) is 11.7. The zero-order chi connectivity index (χ0) is 21.4. The number of ether oxygens (including phenoxy) is 1. The van der Waals surface area contributed by atoms with Crippen LogP contribution >= 0.6 is 11.3 Å². The number of primary amides is 1. The number of hydrogen-bond donors (Lipinski definition) is 2. The molecule has 0 spiro atoms. The van der Waals surface area contributed by atoms with Crippen molar-refractivity contribution in [1.82, 2.24) is 14.9 Å². The van der Waals surface area contributed by atoms with Crippen LogP contribution in [-0.4, -0.2) is 57.2 Å². The molecule has 2 aliphatic carbocycles. The van der Waals surface area contributed by atoms with Crippen molar-refractivity contribution < 1.29 is 14.6 Å². The lowest BCUT2D eigenvalue weighted by Gasteiger charge is -2.38. The van der Waals surface area contributed by atoms with E-state index in [0.717, 1.165) is 41.5 Å². The van der Waals surface area contributed by atoms with Gasteiger partial charge in [-0.1, -0.05) is 6.42 Å². The Balaban J connectivity index is 1.31. The Morgan fingerprint density at radius 1 is 1.19 bits per heavy atom. The second-order valence-electron chi connectivity index (χ2n) is 9.33. The van der Waals surface area contributed by atoms with Gasteiger partial charge in [0.1, 0.15) is 23.4 Å². The van der Waals surface area contributed by atoms with Crippen molar-refractivity contribution in [2.24, 2.45) is 5.73 Å². The van der Waals surface area contributed by atoms with Gasteiger partial charge in [-0.05, 0) is 82.4 Å². The molecular weight excluding hydrogens is 412 g/mol. The van der Waals surface area contributed by atoms with Crippen LogP contribution in [-0.2, 0) is 11.2 Å². The van der Waals surface area contributed by atoms with Gasteiger partial charge in [0, 0.05) is 10.9 Å². The second kappa shape index (κ2) is 9.00. The van der Waals surface area contributed by atoms with E-state index in [1.807, 2.05) is 0 Å². The topological polar surface area (TPSA) is 102 Å². The first kappa shape index (κ1) is 21.1. The number of hydrogen-bond acceptors (Lipinski definition) is 7. The number of piperidine rings is 1. The molecule has 0 unspecified atom stereocenters. The normalized spacial score (nSPS) is 27.8. The molecule has 2 aromatic rings. The quantitative estimate of drug-likeness (QED) is 0.710. The van der Waals surface area contributed by atoms with Gasteiger partial charge >= 0.3 is 0 Å². The Morgan fingerprint density at radius 3 is 2.71 bits per heavy atom. The number of aryl methyl sites for hydroxylation is 1. The molecule has 1 amide bonds. The lowest BCUT2D eigenvalue weighted by atomic mass is 9.90. The van der Waals surface area contributed by atoms with Gasteiger partial charge in [0.2, 0.25) is 11.8 Å². The zero-order valence-electron chi connectivity index (χ0n) is 18.0. The van der Waals surface area contributed by atoms with Crippen molar-refractivity contribution in [2.45, 2.75) is 88.4 Å². The minimum Gasteiger partial charge on any atom is -0.474 e. The van der Waals surface area contributed by atoms with Crippen LogP contribution in [0.2, 0.25) is 0 Å². The number of carbonyl (C=O) groups excluding carboxylic acids is 1. The number of aliphatic hydroxyl groups excluding tert-OH is 1. The van der Waals surface area contributed by atoms with Gasteiger partial charge in [0.05, 0.1) is 5.39 Å². The molecule has 1 aliphatic heterocycles. The molecule has 2 fully saturated rings. The Morgan fingerprint density at radius 2 is 1.97 bits per heavy atom. The number of fused-ring (bicyclic) bond motifs is 3. The maximum absolute atomic E-state index is 11.4. The van der Waals surface area contributed by atoms with Gasteiger partial charge in [0.25, 0.3) is 0 Å². The van der Waals surface area contributed by atoms with Crippen molar-refractivity contribution in [3.63, 3.8) is 0 Å². The summed E-state index contributed by atoms with van der Waals surface area (Å²) in [4.78, 5) is 25.3. The van der Waals surface area contributed by atoms with Gasteiger partial charge in [-0.2, -0.15) is 0 Å². The highest BCUT2D eigenvalue weighted by Gasteiger charge is 2.34. The molecule has 3 N–H and O–H groups in total. The van der Waals surface area contributed by atoms with Gasteiger partial charge in [-0.25, -0.2) is 9.97 Å². The summed E-state index contributed by atoms with van der Waals surface area (Å²) in [6.07, 6.45) is 11.4. The van der Waals surface area contributed by atoms with Crippen LogP contribution < -0.4 is 10.5 Å². The third kappa shape index (κ3) is 4.30. The lowest BCUT2D eigenvalue weighted by Crippen LogP contribution is -2.42. The summed E-state index contributed by atoms with van der Waals surface area (Å²) in [5.74, 6) is 0.102. The molecule has 2 aromatic heterocycles. The average molecular weight is 445 g/mol. The predicted molar refractivity (Wildman–Crippen MR) is 120 cm³/mol. The molecular formula is C23H32N4O3S. The van der Waals surface area contributed by atoms with Gasteiger partial charge in [-0.15, -0.1) is 11.3 Å². The predicted octanol–water partition coefficient (Wildman–Crippen LogP) is 3.13. The zero-order valence-corrected chi connectivity index (χ0v) is 18.8. The lowest BCUT2D eigenvalue weighted by molar-refractivity contribution is -0.126. The van der Waals surface area contributed by atoms with E-state index in [0.29, 0.717) is 18.3 Å². The number of thiophene rings is 1. The van der Waals surface area contributed by atoms with Crippen LogP contribution in [0.1, 0.15) is 74.1 Å². The molecule has 0 radical (unpaired) electrons. The molecule has 0 bridgehead atoms. The highest BCUT2D eigenvalue weighted by Crippen LogP contribution is 2.47. The highest BCUT2D eigenvalue weighted by atomic mass is 32.1. The van der Waals surface area contributed by atoms with E-state index in [-0.39, 0.29) is 12.0 Å². The molecule has 3 aliphatic rings. The maximum atomic E-state index is 11.4. The number of nitrogens with two attached hydrogens (primary N) is 1. The van der Waals surface area contributed by atoms with Gasteiger partial charge in [0.15, 0.2) is 0 Å². The number of carbonyl (C=O) groups is 1. The van der Waals surface area contributed by atoms with Crippen LogP contribution in [0.3, 0.4) is 0 Å². The number of likely N-dealkylation sites (tertiary alicyclic amines) is 1. The molecule has 1 saturated carbocycles. The van der Waals surface area contributed by atoms with Crippen LogP contribution in [0.25, 0.3) is 10.2 Å². The molecule has 31 heavy (non-hydrogen) atoms. The maximum Gasteiger partial charge on any atom is 0.246 e. The minimum absolute atomic E-state index is 0.0921. The molecule has 8 heteroatoms. The Hall–Kier alpha value is -1.77. The van der Waals surface area contributed by atoms with Crippen molar-refractivity contribution >= 4 is 27.5 Å². The largest absolute Gasteiger partial charge is 0.474 e. The van der Waals surface area contributed by atoms with Crippen LogP contribution in [0.4, 0.5) is 0 Å². The second-order valence-corrected chi connectivity index (χ2v) is 10.4. The average Bonchev–Trinajstić information content (AvgIpc) is 3.35. The van der Waals surface area contributed by atoms with E-state index >= 15 is 0 Å². The first-order valence-corrected chi connectivity index (χ1v) is 12.6. The van der Waals surface area contributed by atoms with Crippen molar-refractivity contribution in [1.29, 1.82) is 0 Å². The van der Waals surface area contributed by atoms with E-state index in [1.165, 1.54) is 50.1 Å².